The van der Waals surface area contributed by atoms with Crippen molar-refractivity contribution in [3.05, 3.63) is 41.2 Å². The van der Waals surface area contributed by atoms with E-state index in [-0.39, 0.29) is 66.7 Å². The van der Waals surface area contributed by atoms with E-state index in [9.17, 15) is 24.0 Å². The molecule has 12 nitrogen and oxygen atoms in total. The van der Waals surface area contributed by atoms with E-state index in [1.54, 1.807) is 18.2 Å². The molecule has 0 bridgehead atoms. The van der Waals surface area contributed by atoms with Gasteiger partial charge in [0, 0.05) is 25.1 Å². The number of hydrogen-bond donors (Lipinski definition) is 2. The molecule has 1 aromatic heterocycles. The largest absolute Gasteiger partial charge is 0.352 e. The van der Waals surface area contributed by atoms with E-state index in [1.807, 2.05) is 20.8 Å². The molecule has 2 unspecified atom stereocenters. The molecule has 0 spiro atoms. The predicted molar refractivity (Wildman–Crippen MR) is 125 cm³/mol. The zero-order chi connectivity index (χ0) is 25.8. The Balaban J connectivity index is 1.36. The van der Waals surface area contributed by atoms with Crippen molar-refractivity contribution in [2.24, 2.45) is 5.41 Å². The minimum atomic E-state index is -0.695. The lowest BCUT2D eigenvalue weighted by Gasteiger charge is -2.42. The Labute approximate surface area is 207 Å². The van der Waals surface area contributed by atoms with Crippen molar-refractivity contribution < 1.29 is 24.0 Å². The van der Waals surface area contributed by atoms with Crippen LogP contribution in [0.5, 0.6) is 0 Å². The molecule has 2 saturated heterocycles. The fourth-order valence-electron chi connectivity index (χ4n) is 4.97. The van der Waals surface area contributed by atoms with Crippen molar-refractivity contribution in [1.29, 1.82) is 0 Å². The molecule has 2 N–H and O–H groups in total. The maximum Gasteiger partial charge on any atom is 0.276 e. The minimum Gasteiger partial charge on any atom is -0.352 e. The molecule has 0 radical (unpaired) electrons. The second-order valence-corrected chi connectivity index (χ2v) is 10.4. The summed E-state index contributed by atoms with van der Waals surface area (Å²) in [6.45, 7) is 6.57. The van der Waals surface area contributed by atoms with Crippen LogP contribution in [0.3, 0.4) is 0 Å². The van der Waals surface area contributed by atoms with Crippen LogP contribution >= 0.6 is 0 Å². The zero-order valence-electron chi connectivity index (χ0n) is 20.3. The topological polar surface area (TPSA) is 147 Å². The van der Waals surface area contributed by atoms with Crippen molar-refractivity contribution in [1.82, 2.24) is 35.4 Å². The lowest BCUT2D eigenvalue weighted by molar-refractivity contribution is -0.137. The van der Waals surface area contributed by atoms with Crippen LogP contribution in [0.4, 0.5) is 0 Å². The first-order valence-corrected chi connectivity index (χ1v) is 11.8. The van der Waals surface area contributed by atoms with Gasteiger partial charge in [-0.2, -0.15) is 0 Å². The van der Waals surface area contributed by atoms with Gasteiger partial charge in [0.15, 0.2) is 5.69 Å². The average molecular weight is 494 g/mol. The van der Waals surface area contributed by atoms with Crippen LogP contribution < -0.4 is 10.6 Å². The Kier molecular flexibility index (Phi) is 5.61. The molecule has 4 heterocycles. The molecule has 3 aliphatic heterocycles. The molecule has 188 valence electrons. The third kappa shape index (κ3) is 4.12. The number of hydrogen-bond acceptors (Lipinski definition) is 7. The van der Waals surface area contributed by atoms with Crippen LogP contribution in [0.1, 0.15) is 60.0 Å². The van der Waals surface area contributed by atoms with Crippen LogP contribution in [-0.4, -0.2) is 79.5 Å². The molecule has 36 heavy (non-hydrogen) atoms. The first-order valence-electron chi connectivity index (χ1n) is 11.8. The Morgan fingerprint density at radius 3 is 2.58 bits per heavy atom. The SMILES string of the molecule is CC(C)(C)C1CNC(=O)CN1C(=O)c1cn(-c2ccc3c(c2)CN(C2CCC(=O)NC2=O)C3=O)nn1. The number of amides is 5. The first kappa shape index (κ1) is 23.6. The summed E-state index contributed by atoms with van der Waals surface area (Å²) in [6, 6.07) is 4.23. The molecule has 2 atom stereocenters. The molecule has 0 aliphatic carbocycles. The lowest BCUT2D eigenvalue weighted by Crippen LogP contribution is -2.60. The Morgan fingerprint density at radius 2 is 1.86 bits per heavy atom. The first-order chi connectivity index (χ1) is 17.0. The van der Waals surface area contributed by atoms with Gasteiger partial charge in [-0.15, -0.1) is 5.10 Å². The fourth-order valence-corrected chi connectivity index (χ4v) is 4.97. The van der Waals surface area contributed by atoms with E-state index < -0.39 is 11.9 Å². The van der Waals surface area contributed by atoms with Crippen LogP contribution in [0.2, 0.25) is 0 Å². The number of carbonyl (C=O) groups excluding carboxylic acids is 5. The highest BCUT2D eigenvalue weighted by Crippen LogP contribution is 2.30. The number of imide groups is 1. The number of fused-ring (bicyclic) bond motifs is 1. The van der Waals surface area contributed by atoms with E-state index in [0.29, 0.717) is 23.4 Å². The van der Waals surface area contributed by atoms with E-state index in [4.69, 9.17) is 0 Å². The number of piperidine rings is 1. The monoisotopic (exact) mass is 493 g/mol. The van der Waals surface area contributed by atoms with Crippen molar-refractivity contribution in [2.45, 2.75) is 52.2 Å². The summed E-state index contributed by atoms with van der Waals surface area (Å²) in [7, 11) is 0. The summed E-state index contributed by atoms with van der Waals surface area (Å²) < 4.78 is 1.45. The van der Waals surface area contributed by atoms with Crippen LogP contribution in [0.25, 0.3) is 5.69 Å². The van der Waals surface area contributed by atoms with E-state index in [1.165, 1.54) is 20.7 Å². The second-order valence-electron chi connectivity index (χ2n) is 10.4. The van der Waals surface area contributed by atoms with Gasteiger partial charge >= 0.3 is 0 Å². The molecule has 5 amide bonds. The van der Waals surface area contributed by atoms with Crippen LogP contribution in [0.15, 0.2) is 24.4 Å². The number of aromatic nitrogens is 3. The van der Waals surface area contributed by atoms with Gasteiger partial charge in [0.25, 0.3) is 11.8 Å². The quantitative estimate of drug-likeness (QED) is 0.573. The molecular weight excluding hydrogens is 466 g/mol. The maximum absolute atomic E-state index is 13.3. The second kappa shape index (κ2) is 8.54. The smallest absolute Gasteiger partial charge is 0.276 e. The summed E-state index contributed by atoms with van der Waals surface area (Å²) in [6.07, 6.45) is 1.98. The van der Waals surface area contributed by atoms with Crippen LogP contribution in [-0.2, 0) is 20.9 Å². The number of nitrogens with one attached hydrogen (secondary N) is 2. The maximum atomic E-state index is 13.3. The molecule has 5 rings (SSSR count). The van der Waals surface area contributed by atoms with Crippen molar-refractivity contribution in [2.75, 3.05) is 13.1 Å². The number of nitrogens with zero attached hydrogens (tertiary/aromatic N) is 5. The molecule has 0 saturated carbocycles. The Hall–Kier alpha value is -4.09. The van der Waals surface area contributed by atoms with Crippen LogP contribution in [0, 0.1) is 5.41 Å². The molecule has 12 heteroatoms. The highest BCUT2D eigenvalue weighted by Gasteiger charge is 2.40. The Morgan fingerprint density at radius 1 is 1.08 bits per heavy atom. The predicted octanol–water partition coefficient (Wildman–Crippen LogP) is 0.0150. The van der Waals surface area contributed by atoms with E-state index in [2.05, 4.69) is 20.9 Å². The fraction of sp³-hybridized carbons (Fsp3) is 0.458. The number of rotatable bonds is 3. The number of piperazine rings is 1. The number of benzene rings is 1. The molecular formula is C24H27N7O5. The number of carbonyl (C=O) groups is 5. The third-order valence-electron chi connectivity index (χ3n) is 6.93. The van der Waals surface area contributed by atoms with Gasteiger partial charge in [-0.3, -0.25) is 29.3 Å². The summed E-state index contributed by atoms with van der Waals surface area (Å²) in [5.41, 5.74) is 1.65. The summed E-state index contributed by atoms with van der Waals surface area (Å²) in [4.78, 5) is 64.9. The minimum absolute atomic E-state index is 0.0508. The van der Waals surface area contributed by atoms with E-state index in [0.717, 1.165) is 0 Å². The Bertz CT molecular complexity index is 1290. The highest BCUT2D eigenvalue weighted by molar-refractivity contribution is 6.05. The standard InChI is InChI=1S/C24H27N7O5/c1-24(2,3)18-9-25-20(33)12-30(18)23(36)16-11-31(28-27-16)14-4-5-15-13(8-14)10-29(22(15)35)17-6-7-19(32)26-21(17)34/h4-5,8,11,17-18H,6-7,9-10,12H2,1-3H3,(H,25,33)(H,26,32,34). The summed E-state index contributed by atoms with van der Waals surface area (Å²) in [5.74, 6) is -1.67. The van der Waals surface area contributed by atoms with Crippen molar-refractivity contribution >= 4 is 29.5 Å². The van der Waals surface area contributed by atoms with Gasteiger partial charge < -0.3 is 15.1 Å². The molecule has 2 aromatic rings. The van der Waals surface area contributed by atoms with Gasteiger partial charge in [0.1, 0.15) is 12.6 Å². The normalized spacial score (nSPS) is 22.4. The van der Waals surface area contributed by atoms with E-state index >= 15 is 0 Å². The zero-order valence-corrected chi connectivity index (χ0v) is 20.3. The van der Waals surface area contributed by atoms with Gasteiger partial charge in [0.05, 0.1) is 17.9 Å². The summed E-state index contributed by atoms with van der Waals surface area (Å²) in [5, 5.41) is 13.3. The van der Waals surface area contributed by atoms with Gasteiger partial charge in [-0.25, -0.2) is 4.68 Å². The average Bonchev–Trinajstić information content (AvgIpc) is 3.43. The summed E-state index contributed by atoms with van der Waals surface area (Å²) >= 11 is 0. The van der Waals surface area contributed by atoms with Gasteiger partial charge in [0.2, 0.25) is 17.7 Å². The lowest BCUT2D eigenvalue weighted by atomic mass is 9.84. The van der Waals surface area contributed by atoms with Crippen molar-refractivity contribution in [3.8, 4) is 5.69 Å². The molecule has 3 aliphatic rings. The third-order valence-corrected chi connectivity index (χ3v) is 6.93. The van der Waals surface area contributed by atoms with Gasteiger partial charge in [-0.05, 0) is 35.6 Å². The van der Waals surface area contributed by atoms with Gasteiger partial charge in [-0.1, -0.05) is 26.0 Å². The highest BCUT2D eigenvalue weighted by atomic mass is 16.2. The molecule has 1 aromatic carbocycles. The molecule has 2 fully saturated rings. The van der Waals surface area contributed by atoms with Crippen molar-refractivity contribution in [3.63, 3.8) is 0 Å².